The summed E-state index contributed by atoms with van der Waals surface area (Å²) in [6.45, 7) is 0.971. The number of carbonyl (C=O) groups excluding carboxylic acids is 1. The number of benzene rings is 1. The smallest absolute Gasteiger partial charge is 0.328 e. The van der Waals surface area contributed by atoms with Gasteiger partial charge in [-0.1, -0.05) is 6.07 Å². The number of rotatable bonds is 4. The van der Waals surface area contributed by atoms with E-state index in [1.807, 2.05) is 0 Å². The highest BCUT2D eigenvalue weighted by Crippen LogP contribution is 2.30. The van der Waals surface area contributed by atoms with E-state index in [4.69, 9.17) is 5.11 Å². The zero-order valence-corrected chi connectivity index (χ0v) is 11.0. The topological polar surface area (TPSA) is 113 Å². The summed E-state index contributed by atoms with van der Waals surface area (Å²) in [5.74, 6) is -1.32. The van der Waals surface area contributed by atoms with Crippen LogP contribution in [0.5, 0.6) is 0 Å². The number of aliphatic carboxylic acids is 1. The van der Waals surface area contributed by atoms with Gasteiger partial charge in [0.15, 0.2) is 0 Å². The van der Waals surface area contributed by atoms with Gasteiger partial charge < -0.3 is 15.3 Å². The minimum atomic E-state index is -1.13. The molecule has 8 heteroatoms. The Labute approximate surface area is 119 Å². The van der Waals surface area contributed by atoms with Crippen molar-refractivity contribution >= 4 is 29.3 Å². The number of carboxylic acid groups (broad SMARTS) is 1. The zero-order valence-electron chi connectivity index (χ0n) is 11.0. The van der Waals surface area contributed by atoms with Crippen molar-refractivity contribution in [3.63, 3.8) is 0 Å². The molecular formula is C13H13N3O5. The molecular weight excluding hydrogens is 278 g/mol. The Kier molecular flexibility index (Phi) is 4.17. The molecule has 1 saturated heterocycles. The predicted molar refractivity (Wildman–Crippen MR) is 75.0 cm³/mol. The van der Waals surface area contributed by atoms with Gasteiger partial charge in [-0.25, -0.2) is 4.79 Å². The summed E-state index contributed by atoms with van der Waals surface area (Å²) in [4.78, 5) is 34.1. The number of nitrogens with zero attached hydrogens (tertiary/aromatic N) is 2. The molecule has 1 fully saturated rings. The van der Waals surface area contributed by atoms with Crippen LogP contribution in [0.4, 0.5) is 11.4 Å². The summed E-state index contributed by atoms with van der Waals surface area (Å²) in [6, 6.07) is 4.40. The number of hydrogen-bond acceptors (Lipinski definition) is 5. The first-order valence-electron chi connectivity index (χ1n) is 6.18. The minimum absolute atomic E-state index is 0.0607. The van der Waals surface area contributed by atoms with Gasteiger partial charge in [-0.3, -0.25) is 14.9 Å². The minimum Gasteiger partial charge on any atom is -0.478 e. The van der Waals surface area contributed by atoms with Crippen LogP contribution in [0.1, 0.15) is 5.56 Å². The Hall–Kier alpha value is -2.90. The van der Waals surface area contributed by atoms with Crippen molar-refractivity contribution in [1.82, 2.24) is 5.32 Å². The number of carbonyl (C=O) groups is 2. The van der Waals surface area contributed by atoms with Gasteiger partial charge in [0.05, 0.1) is 11.5 Å². The first kappa shape index (κ1) is 14.5. The fourth-order valence-corrected chi connectivity index (χ4v) is 2.07. The summed E-state index contributed by atoms with van der Waals surface area (Å²) in [5, 5.41) is 22.4. The van der Waals surface area contributed by atoms with Crippen molar-refractivity contribution in [1.29, 1.82) is 0 Å². The highest BCUT2D eigenvalue weighted by molar-refractivity contribution is 5.86. The molecule has 1 aromatic carbocycles. The first-order valence-corrected chi connectivity index (χ1v) is 6.18. The molecule has 0 aliphatic carbocycles. The van der Waals surface area contributed by atoms with Crippen molar-refractivity contribution in [3.8, 4) is 0 Å². The van der Waals surface area contributed by atoms with Crippen molar-refractivity contribution < 1.29 is 19.6 Å². The Balaban J connectivity index is 2.35. The van der Waals surface area contributed by atoms with Gasteiger partial charge in [0, 0.05) is 25.2 Å². The maximum absolute atomic E-state index is 11.4. The maximum Gasteiger partial charge on any atom is 0.328 e. The highest BCUT2D eigenvalue weighted by atomic mass is 16.6. The fourth-order valence-electron chi connectivity index (χ4n) is 2.07. The van der Waals surface area contributed by atoms with Crippen LogP contribution in [0.3, 0.4) is 0 Å². The fraction of sp³-hybridized carbons (Fsp3) is 0.231. The molecule has 0 saturated carbocycles. The van der Waals surface area contributed by atoms with Gasteiger partial charge in [0.1, 0.15) is 5.69 Å². The average molecular weight is 291 g/mol. The lowest BCUT2D eigenvalue weighted by Gasteiger charge is -2.28. The van der Waals surface area contributed by atoms with E-state index >= 15 is 0 Å². The molecule has 2 rings (SSSR count). The van der Waals surface area contributed by atoms with Crippen LogP contribution >= 0.6 is 0 Å². The number of nitro groups is 1. The molecule has 2 N–H and O–H groups in total. The lowest BCUT2D eigenvalue weighted by atomic mass is 10.1. The number of carboxylic acids is 1. The van der Waals surface area contributed by atoms with Crippen LogP contribution in [0.2, 0.25) is 0 Å². The van der Waals surface area contributed by atoms with Crippen molar-refractivity contribution in [3.05, 3.63) is 40.0 Å². The summed E-state index contributed by atoms with van der Waals surface area (Å²) in [6.07, 6.45) is 2.19. The molecule has 0 atom stereocenters. The van der Waals surface area contributed by atoms with E-state index in [1.54, 1.807) is 11.0 Å². The summed E-state index contributed by atoms with van der Waals surface area (Å²) in [5.41, 5.74) is 0.605. The second-order valence-corrected chi connectivity index (χ2v) is 4.45. The molecule has 21 heavy (non-hydrogen) atoms. The lowest BCUT2D eigenvalue weighted by molar-refractivity contribution is -0.384. The molecule has 0 aromatic heterocycles. The molecule has 110 valence electrons. The number of nitro benzene ring substituents is 1. The van der Waals surface area contributed by atoms with Crippen LogP contribution < -0.4 is 10.2 Å². The number of anilines is 1. The van der Waals surface area contributed by atoms with E-state index in [1.165, 1.54) is 18.2 Å². The van der Waals surface area contributed by atoms with E-state index < -0.39 is 10.9 Å². The third-order valence-corrected chi connectivity index (χ3v) is 2.99. The average Bonchev–Trinajstić information content (AvgIpc) is 2.44. The van der Waals surface area contributed by atoms with Gasteiger partial charge in [-0.05, 0) is 17.7 Å². The third kappa shape index (κ3) is 3.56. The number of nitrogens with one attached hydrogen (secondary N) is 1. The molecule has 1 heterocycles. The number of amides is 1. The quantitative estimate of drug-likeness (QED) is 0.478. The summed E-state index contributed by atoms with van der Waals surface area (Å²) in [7, 11) is 0. The highest BCUT2D eigenvalue weighted by Gasteiger charge is 2.24. The Morgan fingerprint density at radius 2 is 2.24 bits per heavy atom. The molecule has 1 aromatic rings. The molecule has 0 spiro atoms. The standard InChI is InChI=1S/C13H13N3O5/c17-12-8-15(6-5-14-12)10-3-1-9(2-4-13(18)19)7-11(10)16(20)21/h1-4,7H,5-6,8H2,(H,14,17)(H,18,19)/b4-2+. The summed E-state index contributed by atoms with van der Waals surface area (Å²) >= 11 is 0. The van der Waals surface area contributed by atoms with Gasteiger partial charge >= 0.3 is 5.97 Å². The SMILES string of the molecule is O=C(O)/C=C/c1ccc(N2CCNC(=O)C2)c([N+](=O)[O-])c1. The van der Waals surface area contributed by atoms with E-state index in [-0.39, 0.29) is 18.1 Å². The summed E-state index contributed by atoms with van der Waals surface area (Å²) < 4.78 is 0. The Bertz CT molecular complexity index is 626. The molecule has 1 amide bonds. The molecule has 1 aliphatic heterocycles. The van der Waals surface area contributed by atoms with Gasteiger partial charge in [0.2, 0.25) is 5.91 Å². The third-order valence-electron chi connectivity index (χ3n) is 2.99. The monoisotopic (exact) mass is 291 g/mol. The van der Waals surface area contributed by atoms with Crippen LogP contribution in [-0.2, 0) is 9.59 Å². The normalized spacial score (nSPS) is 15.0. The molecule has 0 bridgehead atoms. The molecule has 0 unspecified atom stereocenters. The van der Waals surface area contributed by atoms with Crippen molar-refractivity contribution in [2.75, 3.05) is 24.5 Å². The molecule has 8 nitrogen and oxygen atoms in total. The Morgan fingerprint density at radius 1 is 1.48 bits per heavy atom. The van der Waals surface area contributed by atoms with Crippen LogP contribution in [0.25, 0.3) is 6.08 Å². The molecule has 0 radical (unpaired) electrons. The molecule has 1 aliphatic rings. The zero-order chi connectivity index (χ0) is 15.4. The van der Waals surface area contributed by atoms with E-state index in [9.17, 15) is 19.7 Å². The second-order valence-electron chi connectivity index (χ2n) is 4.45. The van der Waals surface area contributed by atoms with E-state index in [2.05, 4.69) is 5.32 Å². The van der Waals surface area contributed by atoms with E-state index in [0.29, 0.717) is 24.3 Å². The van der Waals surface area contributed by atoms with Gasteiger partial charge in [-0.2, -0.15) is 0 Å². The van der Waals surface area contributed by atoms with Crippen LogP contribution in [0.15, 0.2) is 24.3 Å². The van der Waals surface area contributed by atoms with Crippen LogP contribution in [-0.4, -0.2) is 41.5 Å². The van der Waals surface area contributed by atoms with Crippen LogP contribution in [0, 0.1) is 10.1 Å². The van der Waals surface area contributed by atoms with Gasteiger partial charge in [0.25, 0.3) is 5.69 Å². The van der Waals surface area contributed by atoms with Crippen molar-refractivity contribution in [2.24, 2.45) is 0 Å². The predicted octanol–water partition coefficient (Wildman–Crippen LogP) is 0.629. The maximum atomic E-state index is 11.4. The lowest BCUT2D eigenvalue weighted by Crippen LogP contribution is -2.47. The van der Waals surface area contributed by atoms with Gasteiger partial charge in [-0.15, -0.1) is 0 Å². The largest absolute Gasteiger partial charge is 0.478 e. The van der Waals surface area contributed by atoms with E-state index in [0.717, 1.165) is 6.08 Å². The second kappa shape index (κ2) is 6.04. The van der Waals surface area contributed by atoms with Crippen molar-refractivity contribution in [2.45, 2.75) is 0 Å². The Morgan fingerprint density at radius 3 is 2.86 bits per heavy atom. The first-order chi connectivity index (χ1) is 9.97. The number of piperazine rings is 1. The number of hydrogen-bond donors (Lipinski definition) is 2.